The number of aliphatic imine (C=N–C) groups is 1. The Morgan fingerprint density at radius 1 is 1.19 bits per heavy atom. The van der Waals surface area contributed by atoms with Gasteiger partial charge in [-0.25, -0.2) is 0 Å². The fourth-order valence-corrected chi connectivity index (χ4v) is 5.15. The number of rotatable bonds is 7. The Morgan fingerprint density at radius 3 is 2.81 bits per heavy atom. The minimum Gasteiger partial charge on any atom is -0.373 e. The predicted molar refractivity (Wildman–Crippen MR) is 112 cm³/mol. The van der Waals surface area contributed by atoms with Crippen molar-refractivity contribution in [1.82, 2.24) is 10.6 Å². The van der Waals surface area contributed by atoms with Crippen LogP contribution in [0.3, 0.4) is 0 Å². The zero-order valence-corrected chi connectivity index (χ0v) is 16.9. The van der Waals surface area contributed by atoms with Crippen LogP contribution in [-0.4, -0.2) is 42.7 Å². The molecule has 2 aliphatic rings. The van der Waals surface area contributed by atoms with E-state index in [-0.39, 0.29) is 6.10 Å². The average molecular weight is 376 g/mol. The smallest absolute Gasteiger partial charge is 0.191 e. The maximum atomic E-state index is 6.01. The normalized spacial score (nSPS) is 29.1. The molecule has 1 aliphatic heterocycles. The van der Waals surface area contributed by atoms with Gasteiger partial charge in [0.1, 0.15) is 0 Å². The van der Waals surface area contributed by atoms with Gasteiger partial charge in [-0.3, -0.25) is 4.99 Å². The number of benzene rings is 1. The third-order valence-electron chi connectivity index (χ3n) is 5.30. The summed E-state index contributed by atoms with van der Waals surface area (Å²) in [6.45, 7) is 6.93. The summed E-state index contributed by atoms with van der Waals surface area (Å²) in [5, 5.41) is 7.91. The van der Waals surface area contributed by atoms with Crippen LogP contribution in [0.1, 0.15) is 51.2 Å². The summed E-state index contributed by atoms with van der Waals surface area (Å²) in [4.78, 5) is 4.91. The second-order valence-corrected chi connectivity index (χ2v) is 8.78. The second-order valence-electron chi connectivity index (χ2n) is 7.20. The third kappa shape index (κ3) is 5.40. The van der Waals surface area contributed by atoms with E-state index in [0.717, 1.165) is 37.3 Å². The first-order valence-electron chi connectivity index (χ1n) is 10.1. The Kier molecular flexibility index (Phi) is 7.69. The maximum Gasteiger partial charge on any atom is 0.191 e. The number of guanidine groups is 1. The Hall–Kier alpha value is -1.20. The number of thioether (sulfide) groups is 1. The lowest BCUT2D eigenvalue weighted by molar-refractivity contribution is 0.0925. The van der Waals surface area contributed by atoms with Gasteiger partial charge in [0.2, 0.25) is 0 Å². The van der Waals surface area contributed by atoms with Crippen molar-refractivity contribution in [2.75, 3.05) is 25.4 Å². The molecule has 0 amide bonds. The molecule has 1 aliphatic carbocycles. The molecule has 4 nitrogen and oxygen atoms in total. The fourth-order valence-electron chi connectivity index (χ4n) is 4.01. The van der Waals surface area contributed by atoms with E-state index in [4.69, 9.17) is 9.73 Å². The highest BCUT2D eigenvalue weighted by Gasteiger charge is 2.30. The van der Waals surface area contributed by atoms with E-state index in [0.29, 0.717) is 12.0 Å². The lowest BCUT2D eigenvalue weighted by atomic mass is 9.95. The zero-order chi connectivity index (χ0) is 18.2. The van der Waals surface area contributed by atoms with Crippen molar-refractivity contribution in [2.45, 2.75) is 56.9 Å². The van der Waals surface area contributed by atoms with Gasteiger partial charge in [0.05, 0.1) is 6.10 Å². The van der Waals surface area contributed by atoms with Gasteiger partial charge in [-0.05, 0) is 43.9 Å². The first-order chi connectivity index (χ1) is 12.8. The number of nitrogens with zero attached hydrogens (tertiary/aromatic N) is 1. The first kappa shape index (κ1) is 19.6. The molecule has 26 heavy (non-hydrogen) atoms. The van der Waals surface area contributed by atoms with Crippen LogP contribution in [0.15, 0.2) is 35.3 Å². The molecule has 3 rings (SSSR count). The van der Waals surface area contributed by atoms with Gasteiger partial charge in [0, 0.05) is 36.9 Å². The Balaban J connectivity index is 1.57. The molecule has 2 N–H and O–H groups in total. The molecule has 4 atom stereocenters. The van der Waals surface area contributed by atoms with Gasteiger partial charge in [-0.1, -0.05) is 37.3 Å². The van der Waals surface area contributed by atoms with Crippen LogP contribution >= 0.6 is 11.8 Å². The van der Waals surface area contributed by atoms with E-state index in [9.17, 15) is 0 Å². The van der Waals surface area contributed by atoms with Crippen LogP contribution < -0.4 is 10.6 Å². The number of hydrogen-bond donors (Lipinski definition) is 2. The molecule has 1 saturated carbocycles. The second kappa shape index (κ2) is 10.2. The molecule has 0 radical (unpaired) electrons. The molecule has 5 heteroatoms. The highest BCUT2D eigenvalue weighted by molar-refractivity contribution is 7.99. The van der Waals surface area contributed by atoms with Gasteiger partial charge >= 0.3 is 0 Å². The molecule has 1 aromatic rings. The molecule has 0 spiro atoms. The third-order valence-corrected chi connectivity index (χ3v) is 6.53. The number of nitrogens with one attached hydrogen (secondary N) is 2. The lowest BCUT2D eigenvalue weighted by Crippen LogP contribution is -2.43. The van der Waals surface area contributed by atoms with Crippen LogP contribution in [-0.2, 0) is 4.74 Å². The monoisotopic (exact) mass is 375 g/mol. The van der Waals surface area contributed by atoms with Gasteiger partial charge < -0.3 is 15.4 Å². The van der Waals surface area contributed by atoms with Crippen molar-refractivity contribution < 1.29 is 4.74 Å². The van der Waals surface area contributed by atoms with E-state index >= 15 is 0 Å². The summed E-state index contributed by atoms with van der Waals surface area (Å²) < 4.78 is 6.01. The molecular weight excluding hydrogens is 342 g/mol. The number of hydrogen-bond acceptors (Lipinski definition) is 3. The Bertz CT molecular complexity index is 566. The van der Waals surface area contributed by atoms with Crippen molar-refractivity contribution in [2.24, 2.45) is 10.9 Å². The van der Waals surface area contributed by atoms with Crippen LogP contribution in [0, 0.1) is 5.92 Å². The fraction of sp³-hybridized carbons (Fsp3) is 0.667. The summed E-state index contributed by atoms with van der Waals surface area (Å²) in [7, 11) is 0. The average Bonchev–Trinajstić information content (AvgIpc) is 3.30. The molecular formula is C21H33N3OS. The summed E-state index contributed by atoms with van der Waals surface area (Å²) >= 11 is 2.10. The summed E-state index contributed by atoms with van der Waals surface area (Å²) in [5.74, 6) is 2.65. The van der Waals surface area contributed by atoms with Crippen molar-refractivity contribution in [3.05, 3.63) is 35.9 Å². The van der Waals surface area contributed by atoms with E-state index in [1.165, 1.54) is 30.6 Å². The van der Waals surface area contributed by atoms with Crippen molar-refractivity contribution in [1.29, 1.82) is 0 Å². The minimum atomic E-state index is 0.180. The van der Waals surface area contributed by atoms with E-state index in [2.05, 4.69) is 66.6 Å². The minimum absolute atomic E-state index is 0.180. The maximum absolute atomic E-state index is 6.01. The van der Waals surface area contributed by atoms with Crippen molar-refractivity contribution in [3.63, 3.8) is 0 Å². The topological polar surface area (TPSA) is 45.7 Å². The lowest BCUT2D eigenvalue weighted by Gasteiger charge is -2.20. The SMILES string of the molecule is CCNC(=NCC1CCOC1c1ccccc1)NC1CCC(SCC)C1. The first-order valence-corrected chi connectivity index (χ1v) is 11.2. The zero-order valence-electron chi connectivity index (χ0n) is 16.1. The molecule has 1 heterocycles. The van der Waals surface area contributed by atoms with Crippen molar-refractivity contribution in [3.8, 4) is 0 Å². The molecule has 4 unspecified atom stereocenters. The van der Waals surface area contributed by atoms with Gasteiger partial charge in [-0.15, -0.1) is 0 Å². The van der Waals surface area contributed by atoms with E-state index in [1.807, 2.05) is 0 Å². The van der Waals surface area contributed by atoms with E-state index < -0.39 is 0 Å². The molecule has 2 fully saturated rings. The molecule has 1 aromatic carbocycles. The molecule has 0 bridgehead atoms. The highest BCUT2D eigenvalue weighted by Crippen LogP contribution is 2.34. The highest BCUT2D eigenvalue weighted by atomic mass is 32.2. The standard InChI is InChI=1S/C21H33N3OS/c1-3-22-21(24-18-10-11-19(14-18)26-4-2)23-15-17-12-13-25-20(17)16-8-6-5-7-9-16/h5-9,17-20H,3-4,10-15H2,1-2H3,(H2,22,23,24). The quantitative estimate of drug-likeness (QED) is 0.559. The predicted octanol–water partition coefficient (Wildman–Crippen LogP) is 3.99. The molecule has 0 aromatic heterocycles. The van der Waals surface area contributed by atoms with Crippen LogP contribution in [0.5, 0.6) is 0 Å². The summed E-state index contributed by atoms with van der Waals surface area (Å²) in [5.41, 5.74) is 1.28. The van der Waals surface area contributed by atoms with Gasteiger partial charge in [0.25, 0.3) is 0 Å². The van der Waals surface area contributed by atoms with Crippen LogP contribution in [0.25, 0.3) is 0 Å². The number of ether oxygens (including phenoxy) is 1. The molecule has 1 saturated heterocycles. The summed E-state index contributed by atoms with van der Waals surface area (Å²) in [6.07, 6.45) is 5.09. The van der Waals surface area contributed by atoms with Gasteiger partial charge in [0.15, 0.2) is 5.96 Å². The van der Waals surface area contributed by atoms with Gasteiger partial charge in [-0.2, -0.15) is 11.8 Å². The van der Waals surface area contributed by atoms with E-state index in [1.54, 1.807) is 0 Å². The summed E-state index contributed by atoms with van der Waals surface area (Å²) in [6, 6.07) is 11.1. The van der Waals surface area contributed by atoms with Crippen molar-refractivity contribution >= 4 is 17.7 Å². The Morgan fingerprint density at radius 2 is 2.04 bits per heavy atom. The van der Waals surface area contributed by atoms with Crippen LogP contribution in [0.4, 0.5) is 0 Å². The largest absolute Gasteiger partial charge is 0.373 e. The molecule has 144 valence electrons. The Labute approximate surface area is 162 Å². The van der Waals surface area contributed by atoms with Crippen LogP contribution in [0.2, 0.25) is 0 Å².